The van der Waals surface area contributed by atoms with Crippen molar-refractivity contribution in [2.45, 2.75) is 31.2 Å². The van der Waals surface area contributed by atoms with E-state index in [-0.39, 0.29) is 0 Å². The predicted molar refractivity (Wildman–Crippen MR) is 111 cm³/mol. The van der Waals surface area contributed by atoms with Crippen LogP contribution in [0.4, 0.5) is 0 Å². The van der Waals surface area contributed by atoms with Gasteiger partial charge in [0.25, 0.3) is 0 Å². The summed E-state index contributed by atoms with van der Waals surface area (Å²) in [5.74, 6) is 0.530. The number of fused-ring (bicyclic) bond motifs is 1. The van der Waals surface area contributed by atoms with Gasteiger partial charge < -0.3 is 4.98 Å². The molecule has 0 spiro atoms. The molecule has 0 amide bonds. The molecule has 0 bridgehead atoms. The van der Waals surface area contributed by atoms with Gasteiger partial charge in [-0.15, -0.1) is 0 Å². The fourth-order valence-corrected chi connectivity index (χ4v) is 5.25. The topological polar surface area (TPSA) is 69.3 Å². The highest BCUT2D eigenvalue weighted by atomic mass is 32.2. The molecule has 3 aromatic rings. The smallest absolute Gasteiger partial charge is 0.245 e. The van der Waals surface area contributed by atoms with Gasteiger partial charge in [0.1, 0.15) is 10.5 Å². The van der Waals surface area contributed by atoms with E-state index in [2.05, 4.69) is 53.0 Å². The van der Waals surface area contributed by atoms with E-state index in [9.17, 15) is 8.42 Å². The number of benzene rings is 1. The molecule has 4 rings (SSSR count). The van der Waals surface area contributed by atoms with Crippen LogP contribution >= 0.6 is 0 Å². The highest BCUT2D eigenvalue weighted by Gasteiger charge is 2.30. The molecule has 1 aliphatic rings. The molecule has 0 saturated carbocycles. The van der Waals surface area contributed by atoms with E-state index in [1.54, 1.807) is 28.8 Å². The Kier molecular flexibility index (Phi) is 5.23. The largest absolute Gasteiger partial charge is 0.345 e. The molecule has 1 aliphatic heterocycles. The van der Waals surface area contributed by atoms with Gasteiger partial charge in [0.05, 0.1) is 0 Å². The zero-order valence-electron chi connectivity index (χ0n) is 16.3. The van der Waals surface area contributed by atoms with Crippen molar-refractivity contribution < 1.29 is 8.42 Å². The second-order valence-electron chi connectivity index (χ2n) is 7.63. The van der Waals surface area contributed by atoms with E-state index >= 15 is 0 Å². The molecule has 148 valence electrons. The number of aromatic amines is 1. The van der Waals surface area contributed by atoms with Gasteiger partial charge in [0.2, 0.25) is 10.0 Å². The van der Waals surface area contributed by atoms with Crippen molar-refractivity contribution in [2.24, 2.45) is 0 Å². The minimum Gasteiger partial charge on any atom is -0.345 e. The number of sulfonamides is 1. The summed E-state index contributed by atoms with van der Waals surface area (Å²) in [6.07, 6.45) is 3.21. The highest BCUT2D eigenvalue weighted by molar-refractivity contribution is 7.89. The lowest BCUT2D eigenvalue weighted by atomic mass is 10.0. The summed E-state index contributed by atoms with van der Waals surface area (Å²) in [5.41, 5.74) is 3.21. The molecule has 0 aliphatic carbocycles. The van der Waals surface area contributed by atoms with Crippen LogP contribution in [-0.2, 0) is 16.6 Å². The van der Waals surface area contributed by atoms with Crippen molar-refractivity contribution in [3.63, 3.8) is 0 Å². The summed E-state index contributed by atoms with van der Waals surface area (Å²) in [6, 6.07) is 12.3. The third kappa shape index (κ3) is 3.70. The van der Waals surface area contributed by atoms with Crippen molar-refractivity contribution in [3.05, 3.63) is 59.9 Å². The van der Waals surface area contributed by atoms with Crippen LogP contribution in [0.5, 0.6) is 0 Å². The molecule has 3 heterocycles. The van der Waals surface area contributed by atoms with Crippen LogP contribution in [0.25, 0.3) is 11.0 Å². The van der Waals surface area contributed by atoms with Gasteiger partial charge in [-0.1, -0.05) is 38.1 Å². The average Bonchev–Trinajstić information content (AvgIpc) is 3.14. The molecule has 2 aromatic heterocycles. The van der Waals surface area contributed by atoms with Gasteiger partial charge in [-0.3, -0.25) is 4.90 Å². The van der Waals surface area contributed by atoms with Crippen LogP contribution in [0.2, 0.25) is 0 Å². The number of aromatic nitrogens is 2. The Morgan fingerprint density at radius 3 is 2.46 bits per heavy atom. The Morgan fingerprint density at radius 1 is 1.07 bits per heavy atom. The first-order chi connectivity index (χ1) is 13.4. The molecule has 0 unspecified atom stereocenters. The van der Waals surface area contributed by atoms with Gasteiger partial charge in [-0.05, 0) is 29.2 Å². The number of rotatable bonds is 5. The predicted octanol–water partition coefficient (Wildman–Crippen LogP) is 3.19. The molecule has 28 heavy (non-hydrogen) atoms. The van der Waals surface area contributed by atoms with Crippen LogP contribution in [-0.4, -0.2) is 53.8 Å². The summed E-state index contributed by atoms with van der Waals surface area (Å²) in [4.78, 5) is 9.78. The van der Waals surface area contributed by atoms with Crippen molar-refractivity contribution in [1.29, 1.82) is 0 Å². The van der Waals surface area contributed by atoms with Gasteiger partial charge in [0.15, 0.2) is 0 Å². The second kappa shape index (κ2) is 7.66. The Balaban J connectivity index is 1.42. The van der Waals surface area contributed by atoms with Crippen molar-refractivity contribution in [3.8, 4) is 0 Å². The molecule has 7 heteroatoms. The van der Waals surface area contributed by atoms with Gasteiger partial charge in [0, 0.05) is 50.5 Å². The first-order valence-corrected chi connectivity index (χ1v) is 11.1. The number of hydrogen-bond acceptors (Lipinski definition) is 4. The monoisotopic (exact) mass is 398 g/mol. The van der Waals surface area contributed by atoms with E-state index in [0.717, 1.165) is 19.6 Å². The SMILES string of the molecule is CC(C)c1ccc(CN2CCN(S(=O)(=O)c3c[nH]c4ncccc34)CC2)cc1. The second-order valence-corrected chi connectivity index (χ2v) is 9.54. The molecule has 6 nitrogen and oxygen atoms in total. The van der Waals surface area contributed by atoms with Crippen LogP contribution in [0, 0.1) is 0 Å². The van der Waals surface area contributed by atoms with Gasteiger partial charge >= 0.3 is 0 Å². The fourth-order valence-electron chi connectivity index (χ4n) is 3.68. The van der Waals surface area contributed by atoms with Crippen molar-refractivity contribution >= 4 is 21.1 Å². The Hall–Kier alpha value is -2.22. The Labute approximate surface area is 166 Å². The lowest BCUT2D eigenvalue weighted by Crippen LogP contribution is -2.48. The van der Waals surface area contributed by atoms with Crippen LogP contribution in [0.1, 0.15) is 30.9 Å². The highest BCUT2D eigenvalue weighted by Crippen LogP contribution is 2.25. The summed E-state index contributed by atoms with van der Waals surface area (Å²) >= 11 is 0. The summed E-state index contributed by atoms with van der Waals surface area (Å²) in [6.45, 7) is 7.69. The minimum atomic E-state index is -3.52. The number of nitrogens with one attached hydrogen (secondary N) is 1. The summed E-state index contributed by atoms with van der Waals surface area (Å²) in [7, 11) is -3.52. The molecule has 1 aromatic carbocycles. The maximum atomic E-state index is 13.1. The zero-order chi connectivity index (χ0) is 19.7. The van der Waals surface area contributed by atoms with Crippen LogP contribution in [0.15, 0.2) is 53.7 Å². The number of piperazine rings is 1. The summed E-state index contributed by atoms with van der Waals surface area (Å²) < 4.78 is 27.8. The van der Waals surface area contributed by atoms with Gasteiger partial charge in [-0.2, -0.15) is 4.31 Å². The molecule has 1 saturated heterocycles. The Bertz CT molecular complexity index is 1050. The number of H-pyrrole nitrogens is 1. The average molecular weight is 399 g/mol. The van der Waals surface area contributed by atoms with E-state index in [1.807, 2.05) is 0 Å². The minimum absolute atomic E-state index is 0.313. The maximum absolute atomic E-state index is 13.1. The van der Waals surface area contributed by atoms with E-state index in [0.29, 0.717) is 34.9 Å². The van der Waals surface area contributed by atoms with Gasteiger partial charge in [-0.25, -0.2) is 13.4 Å². The van der Waals surface area contributed by atoms with Crippen LogP contribution in [0.3, 0.4) is 0 Å². The van der Waals surface area contributed by atoms with Crippen molar-refractivity contribution in [1.82, 2.24) is 19.2 Å². The Morgan fingerprint density at radius 2 is 1.79 bits per heavy atom. The number of hydrogen-bond donors (Lipinski definition) is 1. The van der Waals surface area contributed by atoms with Crippen molar-refractivity contribution in [2.75, 3.05) is 26.2 Å². The third-order valence-electron chi connectivity index (χ3n) is 5.41. The van der Waals surface area contributed by atoms with Crippen LogP contribution < -0.4 is 0 Å². The first kappa shape index (κ1) is 19.1. The standard InChI is InChI=1S/C21H26N4O2S/c1-16(2)18-7-5-17(6-8-18)15-24-10-12-25(13-11-24)28(26,27)20-14-23-21-19(20)4-3-9-22-21/h3-9,14,16H,10-13,15H2,1-2H3,(H,22,23). The van der Waals surface area contributed by atoms with E-state index in [1.165, 1.54) is 11.1 Å². The molecular weight excluding hydrogens is 372 g/mol. The summed E-state index contributed by atoms with van der Waals surface area (Å²) in [5, 5.41) is 0.648. The van der Waals surface area contributed by atoms with E-state index < -0.39 is 10.0 Å². The number of nitrogens with zero attached hydrogens (tertiary/aromatic N) is 3. The quantitative estimate of drug-likeness (QED) is 0.717. The lowest BCUT2D eigenvalue weighted by Gasteiger charge is -2.33. The maximum Gasteiger partial charge on any atom is 0.245 e. The number of pyridine rings is 1. The molecule has 1 fully saturated rings. The fraction of sp³-hybridized carbons (Fsp3) is 0.381. The third-order valence-corrected chi connectivity index (χ3v) is 7.35. The molecule has 1 N–H and O–H groups in total. The lowest BCUT2D eigenvalue weighted by molar-refractivity contribution is 0.181. The first-order valence-electron chi connectivity index (χ1n) is 9.68. The molecule has 0 atom stereocenters. The van der Waals surface area contributed by atoms with E-state index in [4.69, 9.17) is 0 Å². The molecular formula is C21H26N4O2S. The normalized spacial score (nSPS) is 16.8. The molecule has 0 radical (unpaired) electrons. The zero-order valence-corrected chi connectivity index (χ0v) is 17.1.